The molecular formula is C48H68Br2FN10O11Pd-. The zero-order valence-corrected chi connectivity index (χ0v) is 47.5. The minimum Gasteiger partial charge on any atom is -0.487 e. The maximum absolute atomic E-state index is 12.6. The summed E-state index contributed by atoms with van der Waals surface area (Å²) >= 11 is 6.22. The van der Waals surface area contributed by atoms with Crippen LogP contribution >= 0.6 is 31.9 Å². The fraction of sp³-hybridized carbons (Fsp3) is 0.479. The molecule has 0 unspecified atom stereocenters. The minimum absolute atomic E-state index is 0. The number of hydrogen-bond donors (Lipinski definition) is 1. The van der Waals surface area contributed by atoms with Gasteiger partial charge in [-0.1, -0.05) is 31.9 Å². The number of halogens is 3. The number of nitrogens with one attached hydrogen (secondary N) is 1. The van der Waals surface area contributed by atoms with E-state index in [4.69, 9.17) is 14.2 Å². The smallest absolute Gasteiger partial charge is 0.311 e. The van der Waals surface area contributed by atoms with Crippen LogP contribution in [-0.4, -0.2) is 153 Å². The quantitative estimate of drug-likeness (QED) is 0.0602. The summed E-state index contributed by atoms with van der Waals surface area (Å²) in [4.78, 5) is 52.0. The molecule has 0 saturated carbocycles. The molecule has 0 bridgehead atoms. The Balaban J connectivity index is 0.000000470. The second-order valence-corrected chi connectivity index (χ2v) is 18.8. The summed E-state index contributed by atoms with van der Waals surface area (Å²) in [6.07, 6.45) is -0.167. The molecule has 1 N–H and O–H groups in total. The Labute approximate surface area is 457 Å². The van der Waals surface area contributed by atoms with E-state index >= 15 is 0 Å². The van der Waals surface area contributed by atoms with Crippen LogP contribution in [0.15, 0.2) is 81.7 Å². The van der Waals surface area contributed by atoms with Gasteiger partial charge in [-0.05, 0) is 86.1 Å². The van der Waals surface area contributed by atoms with Gasteiger partial charge in [-0.25, -0.2) is 0 Å². The number of ether oxygens (including phenoxy) is 3. The van der Waals surface area contributed by atoms with Gasteiger partial charge in [0.2, 0.25) is 5.82 Å². The summed E-state index contributed by atoms with van der Waals surface area (Å²) < 4.78 is 30.1. The zero-order chi connectivity index (χ0) is 52.8. The molecule has 3 saturated heterocycles. The van der Waals surface area contributed by atoms with Crippen LogP contribution in [0.1, 0.15) is 34.6 Å². The largest absolute Gasteiger partial charge is 0.487 e. The van der Waals surface area contributed by atoms with E-state index in [-0.39, 0.29) is 57.1 Å². The van der Waals surface area contributed by atoms with Gasteiger partial charge in [0.25, 0.3) is 0 Å². The van der Waals surface area contributed by atoms with Gasteiger partial charge in [0.1, 0.15) is 0 Å². The second kappa shape index (κ2) is 33.6. The first-order valence-corrected chi connectivity index (χ1v) is 24.5. The minimum atomic E-state index is -0.829. The van der Waals surface area contributed by atoms with E-state index in [1.54, 1.807) is 36.4 Å². The predicted molar refractivity (Wildman–Crippen MR) is 287 cm³/mol. The molecule has 25 heteroatoms. The van der Waals surface area contributed by atoms with Crippen LogP contribution in [0, 0.1) is 53.7 Å². The second-order valence-electron chi connectivity index (χ2n) is 16.9. The van der Waals surface area contributed by atoms with E-state index in [0.717, 1.165) is 93.4 Å². The first-order valence-electron chi connectivity index (χ1n) is 22.9. The van der Waals surface area contributed by atoms with Crippen molar-refractivity contribution >= 4 is 66.0 Å². The van der Waals surface area contributed by atoms with Crippen molar-refractivity contribution in [3.05, 3.63) is 135 Å². The molecule has 3 fully saturated rings. The fourth-order valence-corrected chi connectivity index (χ4v) is 7.52. The molecule has 0 aromatic heterocycles. The number of rotatable bonds is 12. The molecule has 3 aliphatic rings. The predicted octanol–water partition coefficient (Wildman–Crippen LogP) is 9.49. The van der Waals surface area contributed by atoms with Gasteiger partial charge < -0.3 is 51.5 Å². The third kappa shape index (κ3) is 23.3. The Morgan fingerprint density at radius 1 is 0.548 bits per heavy atom. The first kappa shape index (κ1) is 65.9. The van der Waals surface area contributed by atoms with Crippen molar-refractivity contribution in [2.24, 2.45) is 0 Å². The van der Waals surface area contributed by atoms with Gasteiger partial charge in [-0.2, -0.15) is 4.39 Å². The Morgan fingerprint density at radius 3 is 1.25 bits per heavy atom. The SMILES string of the molecule is CC(C)Oc1cc(Br)ccc1[N+](=O)[O-].CC(C)Oc1cc(N2CCN(C)CC2)ccc1[N+](=O)[O-].CCOc1cc(N2CCN(C)CC2)ccc1[N+](=O)[O-].CN1CCNCC1.O=[N+]([O-])c1ccc(Br)cc1F.[CH3-].[Pd]. The summed E-state index contributed by atoms with van der Waals surface area (Å²) in [5.41, 5.74) is 1.51. The molecule has 408 valence electrons. The van der Waals surface area contributed by atoms with Crippen molar-refractivity contribution in [3.63, 3.8) is 0 Å². The average Bonchev–Trinajstić information content (AvgIpc) is 3.30. The van der Waals surface area contributed by atoms with Crippen LogP contribution in [0.25, 0.3) is 0 Å². The van der Waals surface area contributed by atoms with Crippen molar-refractivity contribution in [1.29, 1.82) is 0 Å². The zero-order valence-electron chi connectivity index (χ0n) is 42.7. The summed E-state index contributed by atoms with van der Waals surface area (Å²) in [5.74, 6) is 0.161. The maximum atomic E-state index is 12.6. The third-order valence-corrected chi connectivity index (χ3v) is 11.6. The number of benzene rings is 4. The molecule has 0 spiro atoms. The Bertz CT molecular complexity index is 2360. The van der Waals surface area contributed by atoms with Crippen molar-refractivity contribution in [3.8, 4) is 17.2 Å². The van der Waals surface area contributed by atoms with Gasteiger partial charge in [0.05, 0.1) is 38.5 Å². The van der Waals surface area contributed by atoms with E-state index in [1.807, 2.05) is 34.6 Å². The van der Waals surface area contributed by atoms with Crippen LogP contribution in [0.4, 0.5) is 38.5 Å². The van der Waals surface area contributed by atoms with Crippen LogP contribution in [-0.2, 0) is 20.4 Å². The van der Waals surface area contributed by atoms with Crippen molar-refractivity contribution in [1.82, 2.24) is 20.0 Å². The molecule has 21 nitrogen and oxygen atoms in total. The molecule has 0 amide bonds. The Morgan fingerprint density at radius 2 is 0.890 bits per heavy atom. The number of likely N-dealkylation sites (N-methyl/N-ethyl adjacent to an activating group) is 3. The van der Waals surface area contributed by atoms with Crippen molar-refractivity contribution in [2.45, 2.75) is 46.8 Å². The number of nitrogens with zero attached hydrogens (tertiary/aromatic N) is 9. The molecule has 0 aliphatic carbocycles. The number of hydrogen-bond acceptors (Lipinski definition) is 17. The van der Waals surface area contributed by atoms with Crippen LogP contribution in [0.5, 0.6) is 17.2 Å². The molecule has 4 aromatic carbocycles. The average molecular weight is 1250 g/mol. The first-order chi connectivity index (χ1) is 33.6. The molecular weight excluding hydrogens is 1180 g/mol. The van der Waals surface area contributed by atoms with Gasteiger partial charge >= 0.3 is 22.7 Å². The van der Waals surface area contributed by atoms with E-state index in [0.29, 0.717) is 28.3 Å². The summed E-state index contributed by atoms with van der Waals surface area (Å²) in [7, 11) is 6.35. The molecule has 3 aliphatic heterocycles. The van der Waals surface area contributed by atoms with Gasteiger partial charge in [0, 0.05) is 162 Å². The van der Waals surface area contributed by atoms with Gasteiger partial charge in [0.15, 0.2) is 17.2 Å². The van der Waals surface area contributed by atoms with Gasteiger partial charge in [-0.3, -0.25) is 40.5 Å². The summed E-state index contributed by atoms with van der Waals surface area (Å²) in [6.45, 7) is 22.1. The molecule has 4 aromatic rings. The van der Waals surface area contributed by atoms with E-state index in [9.17, 15) is 44.8 Å². The fourth-order valence-electron chi connectivity index (χ4n) is 6.84. The van der Waals surface area contributed by atoms with Crippen LogP contribution in [0.3, 0.4) is 0 Å². The number of nitro benzene ring substituents is 4. The van der Waals surface area contributed by atoms with Crippen molar-refractivity contribution in [2.75, 3.05) is 116 Å². The third-order valence-electron chi connectivity index (χ3n) is 10.6. The molecule has 7 rings (SSSR count). The standard InChI is InChI=1S/C14H21N3O3.C13H19N3O3.C9H10BrNO3.C6H3BrFNO2.C5H12N2.CH3.Pd/c1-11(2)20-14-10-12(4-5-13(14)17(18)19)16-8-6-15(3)7-9-16;1-3-19-13-10-11(4-5-12(13)16(17)18)15-8-6-14(2)7-9-15;1-6(2)14-9-5-7(10)3-4-8(9)11(12)13;7-4-1-2-6(9(10)11)5(8)3-4;1-7-4-2-6-3-5-7;;/h4-5,10-11H,6-9H2,1-3H3;4-5,10H,3,6-9H2,1-2H3;3-6H,1-2H3;1-3H;6H,2-5H2,1H3;1H3;/q;;;;;-1;. The van der Waals surface area contributed by atoms with Crippen LogP contribution < -0.4 is 29.3 Å². The normalized spacial score (nSPS) is 14.6. The Hall–Kier alpha value is -5.13. The van der Waals surface area contributed by atoms with E-state index < -0.39 is 31.2 Å². The van der Waals surface area contributed by atoms with Crippen molar-refractivity contribution < 1.29 is 58.7 Å². The van der Waals surface area contributed by atoms with E-state index in [1.165, 1.54) is 37.4 Å². The molecule has 3 heterocycles. The number of piperazine rings is 3. The molecule has 0 radical (unpaired) electrons. The molecule has 0 atom stereocenters. The monoisotopic (exact) mass is 1240 g/mol. The number of anilines is 2. The van der Waals surface area contributed by atoms with Crippen LogP contribution in [0.2, 0.25) is 0 Å². The topological polar surface area (TPSA) is 228 Å². The summed E-state index contributed by atoms with van der Waals surface area (Å²) in [5, 5.41) is 46.0. The maximum Gasteiger partial charge on any atom is 0.311 e. The van der Waals surface area contributed by atoms with Gasteiger partial charge in [-0.15, -0.1) is 0 Å². The van der Waals surface area contributed by atoms with E-state index in [2.05, 4.69) is 82.8 Å². The molecule has 73 heavy (non-hydrogen) atoms. The Kier molecular flexibility index (Phi) is 30.4. The summed E-state index contributed by atoms with van der Waals surface area (Å²) in [6, 6.07) is 18.4. The number of nitro groups is 4.